The Bertz CT molecular complexity index is 836. The third-order valence-corrected chi connectivity index (χ3v) is 4.15. The predicted octanol–water partition coefficient (Wildman–Crippen LogP) is 4.04. The Morgan fingerprint density at radius 1 is 1.32 bits per heavy atom. The summed E-state index contributed by atoms with van der Waals surface area (Å²) < 4.78 is 11.0. The summed E-state index contributed by atoms with van der Waals surface area (Å²) in [5.74, 6) is 0.396. The second kappa shape index (κ2) is 7.44. The number of carbonyl (C=O) groups is 1. The number of benzene rings is 2. The lowest BCUT2D eigenvalue weighted by atomic mass is 10.1. The molecule has 6 nitrogen and oxygen atoms in total. The van der Waals surface area contributed by atoms with E-state index in [2.05, 4.69) is 10.5 Å². The lowest BCUT2D eigenvalue weighted by Gasteiger charge is -2.10. The number of nitrogens with one attached hydrogen (secondary N) is 1. The smallest absolute Gasteiger partial charge is 0.337 e. The van der Waals surface area contributed by atoms with Crippen molar-refractivity contribution in [1.82, 2.24) is 0 Å². The zero-order valence-electron chi connectivity index (χ0n) is 13.6. The number of aromatic carboxylic acids is 1. The van der Waals surface area contributed by atoms with Crippen molar-refractivity contribution in [3.8, 4) is 11.5 Å². The average Bonchev–Trinajstić information content (AvgIpc) is 2.81. The molecular formula is C18H17ClN2O4. The maximum atomic E-state index is 11.0. The molecule has 1 aliphatic heterocycles. The van der Waals surface area contributed by atoms with Crippen LogP contribution in [0, 0.1) is 0 Å². The molecule has 0 bridgehead atoms. The lowest BCUT2D eigenvalue weighted by Crippen LogP contribution is -2.04. The van der Waals surface area contributed by atoms with Gasteiger partial charge in [0.05, 0.1) is 35.7 Å². The number of anilines is 1. The molecule has 2 aromatic rings. The van der Waals surface area contributed by atoms with Crippen molar-refractivity contribution in [3.63, 3.8) is 0 Å². The Morgan fingerprint density at radius 2 is 2.16 bits per heavy atom. The summed E-state index contributed by atoms with van der Waals surface area (Å²) in [7, 11) is 1.61. The van der Waals surface area contributed by atoms with Crippen molar-refractivity contribution in [2.24, 2.45) is 5.10 Å². The van der Waals surface area contributed by atoms with Crippen LogP contribution >= 0.6 is 11.6 Å². The van der Waals surface area contributed by atoms with E-state index in [1.165, 1.54) is 12.1 Å². The van der Waals surface area contributed by atoms with Gasteiger partial charge in [-0.15, -0.1) is 0 Å². The second-order valence-corrected chi connectivity index (χ2v) is 5.89. The number of hydrogen-bond acceptors (Lipinski definition) is 5. The van der Waals surface area contributed by atoms with Crippen molar-refractivity contribution < 1.29 is 19.4 Å². The molecule has 3 rings (SSSR count). The molecule has 0 radical (unpaired) electrons. The first kappa shape index (κ1) is 17.1. The molecule has 0 atom stereocenters. The normalized spacial score (nSPS) is 15.0. The van der Waals surface area contributed by atoms with Crippen LogP contribution in [0.4, 0.5) is 5.69 Å². The summed E-state index contributed by atoms with van der Waals surface area (Å²) in [6, 6.07) is 10.2. The summed E-state index contributed by atoms with van der Waals surface area (Å²) in [6.07, 6.45) is 1.60. The molecule has 0 aliphatic carbocycles. The first-order chi connectivity index (χ1) is 12.1. The van der Waals surface area contributed by atoms with Gasteiger partial charge in [0.15, 0.2) is 0 Å². The molecule has 0 aromatic heterocycles. The molecule has 130 valence electrons. The second-order valence-electron chi connectivity index (χ2n) is 5.48. The van der Waals surface area contributed by atoms with Gasteiger partial charge in [0, 0.05) is 11.6 Å². The van der Waals surface area contributed by atoms with Crippen LogP contribution in [0.3, 0.4) is 0 Å². The Balaban J connectivity index is 1.87. The van der Waals surface area contributed by atoms with Crippen molar-refractivity contribution in [3.05, 3.63) is 52.5 Å². The number of hydrogen-bond donors (Lipinski definition) is 2. The number of carboxylic acid groups (broad SMARTS) is 1. The van der Waals surface area contributed by atoms with Crippen LogP contribution in [0.1, 0.15) is 28.8 Å². The molecule has 0 amide bonds. The largest absolute Gasteiger partial charge is 0.497 e. The van der Waals surface area contributed by atoms with Gasteiger partial charge in [-0.2, -0.15) is 5.10 Å². The van der Waals surface area contributed by atoms with Gasteiger partial charge in [-0.3, -0.25) is 5.43 Å². The van der Waals surface area contributed by atoms with Gasteiger partial charge >= 0.3 is 5.97 Å². The number of hydrazone groups is 1. The summed E-state index contributed by atoms with van der Waals surface area (Å²) in [4.78, 5) is 11.0. The van der Waals surface area contributed by atoms with Crippen LogP contribution in [0.15, 0.2) is 41.5 Å². The molecule has 2 N–H and O–H groups in total. The van der Waals surface area contributed by atoms with Crippen LogP contribution in [-0.4, -0.2) is 30.5 Å². The Labute approximate surface area is 150 Å². The van der Waals surface area contributed by atoms with Crippen LogP contribution in [0.5, 0.6) is 11.5 Å². The molecule has 1 heterocycles. The lowest BCUT2D eigenvalue weighted by molar-refractivity contribution is 0.0697. The maximum absolute atomic E-state index is 11.0. The van der Waals surface area contributed by atoms with Crippen molar-refractivity contribution in [1.29, 1.82) is 0 Å². The maximum Gasteiger partial charge on any atom is 0.337 e. The van der Waals surface area contributed by atoms with Gasteiger partial charge in [0.1, 0.15) is 11.5 Å². The fourth-order valence-electron chi connectivity index (χ4n) is 2.55. The Hall–Kier alpha value is -2.73. The summed E-state index contributed by atoms with van der Waals surface area (Å²) in [6.45, 7) is 0.609. The zero-order valence-corrected chi connectivity index (χ0v) is 14.3. The molecule has 0 fully saturated rings. The number of halogens is 1. The van der Waals surface area contributed by atoms with Gasteiger partial charge in [0.2, 0.25) is 0 Å². The number of rotatable bonds is 4. The molecule has 0 saturated carbocycles. The van der Waals surface area contributed by atoms with E-state index in [0.29, 0.717) is 12.3 Å². The standard InChI is InChI=1S/C18H17ClN2O4/c1-24-12-5-7-14-16(3-2-8-25-17(14)10-12)21-20-11-4-6-13(18(22)23)15(19)9-11/h4-7,9-10,20H,2-3,8H2,1H3,(H,22,23)/b21-16-. The van der Waals surface area contributed by atoms with E-state index in [4.69, 9.17) is 26.2 Å². The first-order valence-corrected chi connectivity index (χ1v) is 8.13. The highest BCUT2D eigenvalue weighted by atomic mass is 35.5. The molecule has 7 heteroatoms. The summed E-state index contributed by atoms with van der Waals surface area (Å²) in [5, 5.41) is 13.6. The molecule has 0 spiro atoms. The minimum absolute atomic E-state index is 0.0557. The van der Waals surface area contributed by atoms with Crippen LogP contribution in [0.25, 0.3) is 0 Å². The summed E-state index contributed by atoms with van der Waals surface area (Å²) in [5.41, 5.74) is 5.37. The monoisotopic (exact) mass is 360 g/mol. The quantitative estimate of drug-likeness (QED) is 0.804. The Kier molecular flexibility index (Phi) is 5.09. The number of nitrogens with zero attached hydrogens (tertiary/aromatic N) is 1. The number of fused-ring (bicyclic) bond motifs is 1. The zero-order chi connectivity index (χ0) is 17.8. The fourth-order valence-corrected chi connectivity index (χ4v) is 2.81. The van der Waals surface area contributed by atoms with E-state index in [1.54, 1.807) is 13.2 Å². The molecular weight excluding hydrogens is 344 g/mol. The van der Waals surface area contributed by atoms with Crippen molar-refractivity contribution >= 4 is 29.0 Å². The van der Waals surface area contributed by atoms with Crippen molar-refractivity contribution in [2.45, 2.75) is 12.8 Å². The predicted molar refractivity (Wildman–Crippen MR) is 96.3 cm³/mol. The number of ether oxygens (including phenoxy) is 2. The SMILES string of the molecule is COc1ccc2c(c1)OCCC/C2=N/Nc1ccc(C(=O)O)c(Cl)c1. The molecule has 0 saturated heterocycles. The highest BCUT2D eigenvalue weighted by molar-refractivity contribution is 6.33. The highest BCUT2D eigenvalue weighted by Crippen LogP contribution is 2.29. The minimum Gasteiger partial charge on any atom is -0.497 e. The summed E-state index contributed by atoms with van der Waals surface area (Å²) >= 11 is 5.98. The van der Waals surface area contributed by atoms with Gasteiger partial charge < -0.3 is 14.6 Å². The van der Waals surface area contributed by atoms with Gasteiger partial charge in [-0.25, -0.2) is 4.79 Å². The molecule has 25 heavy (non-hydrogen) atoms. The van der Waals surface area contributed by atoms with E-state index in [-0.39, 0.29) is 10.6 Å². The van der Waals surface area contributed by atoms with Gasteiger partial charge in [0.25, 0.3) is 0 Å². The van der Waals surface area contributed by atoms with Gasteiger partial charge in [-0.05, 0) is 43.2 Å². The molecule has 0 unspecified atom stereocenters. The van der Waals surface area contributed by atoms with Crippen molar-refractivity contribution in [2.75, 3.05) is 19.1 Å². The van der Waals surface area contributed by atoms with E-state index in [0.717, 1.165) is 35.6 Å². The van der Waals surface area contributed by atoms with E-state index < -0.39 is 5.97 Å². The van der Waals surface area contributed by atoms with Gasteiger partial charge in [-0.1, -0.05) is 11.6 Å². The molecule has 1 aliphatic rings. The third-order valence-electron chi connectivity index (χ3n) is 3.83. The fraction of sp³-hybridized carbons (Fsp3) is 0.222. The van der Waals surface area contributed by atoms with Crippen LogP contribution in [0.2, 0.25) is 5.02 Å². The van der Waals surface area contributed by atoms with Crippen LogP contribution < -0.4 is 14.9 Å². The van der Waals surface area contributed by atoms with E-state index in [9.17, 15) is 4.79 Å². The van der Waals surface area contributed by atoms with E-state index in [1.807, 2.05) is 18.2 Å². The topological polar surface area (TPSA) is 80.2 Å². The third kappa shape index (κ3) is 3.85. The first-order valence-electron chi connectivity index (χ1n) is 7.75. The molecule has 2 aromatic carbocycles. The van der Waals surface area contributed by atoms with Crippen LogP contribution in [-0.2, 0) is 0 Å². The van der Waals surface area contributed by atoms with E-state index >= 15 is 0 Å². The highest BCUT2D eigenvalue weighted by Gasteiger charge is 2.16. The average molecular weight is 361 g/mol. The Morgan fingerprint density at radius 3 is 2.88 bits per heavy atom. The number of carboxylic acids is 1. The minimum atomic E-state index is -1.06. The number of methoxy groups -OCH3 is 1.